The van der Waals surface area contributed by atoms with E-state index >= 15 is 0 Å². The fourth-order valence-electron chi connectivity index (χ4n) is 1.69. The first-order valence-corrected chi connectivity index (χ1v) is 7.16. The van der Waals surface area contributed by atoms with Crippen LogP contribution in [-0.4, -0.2) is 17.3 Å². The Kier molecular flexibility index (Phi) is 3.71. The van der Waals surface area contributed by atoms with Crippen molar-refractivity contribution in [2.45, 2.75) is 11.8 Å². The highest BCUT2D eigenvalue weighted by Gasteiger charge is 2.18. The Morgan fingerprint density at radius 3 is 2.45 bits per heavy atom. The van der Waals surface area contributed by atoms with E-state index in [2.05, 4.69) is 0 Å². The van der Waals surface area contributed by atoms with E-state index in [9.17, 15) is 18.5 Å². The van der Waals surface area contributed by atoms with E-state index in [4.69, 9.17) is 0 Å². The maximum atomic E-state index is 12.4. The molecule has 1 aromatic heterocycles. The number of nitrogens with zero attached hydrogens (tertiary/aromatic N) is 2. The van der Waals surface area contributed by atoms with Gasteiger partial charge >= 0.3 is 0 Å². The molecule has 0 bridgehead atoms. The molecule has 0 spiro atoms. The van der Waals surface area contributed by atoms with Crippen molar-refractivity contribution in [1.82, 2.24) is 3.97 Å². The molecule has 0 aliphatic rings. The fourth-order valence-corrected chi connectivity index (χ4v) is 3.03. The summed E-state index contributed by atoms with van der Waals surface area (Å²) in [6.45, 7) is 1.86. The van der Waals surface area contributed by atoms with Gasteiger partial charge < -0.3 is 0 Å². The second-order valence-electron chi connectivity index (χ2n) is 4.15. The molecule has 0 unspecified atom stereocenters. The van der Waals surface area contributed by atoms with Crippen LogP contribution < -0.4 is 0 Å². The van der Waals surface area contributed by atoms with Gasteiger partial charge in [0.2, 0.25) is 6.20 Å². The van der Waals surface area contributed by atoms with Crippen molar-refractivity contribution in [3.05, 3.63) is 70.2 Å². The Morgan fingerprint density at radius 2 is 1.85 bits per heavy atom. The van der Waals surface area contributed by atoms with Gasteiger partial charge in [0.1, 0.15) is 0 Å². The van der Waals surface area contributed by atoms with Gasteiger partial charge in [-0.3, -0.25) is 10.1 Å². The van der Waals surface area contributed by atoms with Gasteiger partial charge in [0.15, 0.2) is 0 Å². The van der Waals surface area contributed by atoms with Crippen LogP contribution in [0.5, 0.6) is 0 Å². The van der Waals surface area contributed by atoms with Gasteiger partial charge in [0.05, 0.1) is 15.5 Å². The third kappa shape index (κ3) is 2.77. The molecule has 1 heterocycles. The molecule has 0 aliphatic carbocycles. The summed E-state index contributed by atoms with van der Waals surface area (Å²) in [6.07, 6.45) is 3.21. The minimum atomic E-state index is -3.75. The third-order valence-electron chi connectivity index (χ3n) is 2.69. The van der Waals surface area contributed by atoms with Gasteiger partial charge in [-0.1, -0.05) is 17.7 Å². The highest BCUT2D eigenvalue weighted by molar-refractivity contribution is 7.90. The SMILES string of the molecule is Cc1ccc(S(=O)(=O)n2cccc2/C=C/[N+](=O)[O-])cc1. The van der Waals surface area contributed by atoms with E-state index in [1.807, 2.05) is 6.92 Å². The number of aromatic nitrogens is 1. The van der Waals surface area contributed by atoms with Crippen LogP contribution in [-0.2, 0) is 10.0 Å². The number of aryl methyl sites for hydroxylation is 1. The lowest BCUT2D eigenvalue weighted by Gasteiger charge is -2.08. The molecule has 0 radical (unpaired) electrons. The zero-order valence-electron chi connectivity index (χ0n) is 10.6. The second kappa shape index (κ2) is 5.30. The average Bonchev–Trinajstić information content (AvgIpc) is 2.86. The van der Waals surface area contributed by atoms with Crippen LogP contribution in [0.4, 0.5) is 0 Å². The summed E-state index contributed by atoms with van der Waals surface area (Å²) in [5.74, 6) is 0. The molecule has 1 aromatic carbocycles. The molecule has 2 aromatic rings. The maximum absolute atomic E-state index is 12.4. The smallest absolute Gasteiger partial charge is 0.259 e. The first-order valence-electron chi connectivity index (χ1n) is 5.72. The quantitative estimate of drug-likeness (QED) is 0.639. The summed E-state index contributed by atoms with van der Waals surface area (Å²) in [4.78, 5) is 9.81. The van der Waals surface area contributed by atoms with Gasteiger partial charge in [-0.25, -0.2) is 12.4 Å². The standard InChI is InChI=1S/C13H12N2O4S/c1-11-4-6-13(7-5-11)20(18,19)14-9-2-3-12(14)8-10-15(16)17/h2-10H,1H3/b10-8+. The van der Waals surface area contributed by atoms with Gasteiger partial charge in [-0.15, -0.1) is 0 Å². The Bertz CT molecular complexity index is 758. The normalized spacial score (nSPS) is 11.8. The first-order chi connectivity index (χ1) is 9.41. The number of rotatable bonds is 4. The summed E-state index contributed by atoms with van der Waals surface area (Å²) in [5, 5.41) is 10.3. The summed E-state index contributed by atoms with van der Waals surface area (Å²) >= 11 is 0. The third-order valence-corrected chi connectivity index (χ3v) is 4.41. The van der Waals surface area contributed by atoms with E-state index < -0.39 is 14.9 Å². The van der Waals surface area contributed by atoms with Crippen molar-refractivity contribution in [3.63, 3.8) is 0 Å². The maximum Gasteiger partial charge on any atom is 0.268 e. The van der Waals surface area contributed by atoms with Gasteiger partial charge in [-0.05, 0) is 31.2 Å². The van der Waals surface area contributed by atoms with Crippen molar-refractivity contribution in [3.8, 4) is 0 Å². The van der Waals surface area contributed by atoms with E-state index in [0.29, 0.717) is 6.20 Å². The molecule has 0 saturated heterocycles. The summed E-state index contributed by atoms with van der Waals surface area (Å²) < 4.78 is 25.9. The predicted octanol–water partition coefficient (Wildman–Crippen LogP) is 2.28. The lowest BCUT2D eigenvalue weighted by molar-refractivity contribution is -0.401. The summed E-state index contributed by atoms with van der Waals surface area (Å²) in [6, 6.07) is 9.42. The van der Waals surface area contributed by atoms with E-state index in [0.717, 1.165) is 15.6 Å². The van der Waals surface area contributed by atoms with Crippen LogP contribution in [0, 0.1) is 17.0 Å². The minimum Gasteiger partial charge on any atom is -0.259 e. The van der Waals surface area contributed by atoms with Crippen LogP contribution in [0.3, 0.4) is 0 Å². The Morgan fingerprint density at radius 1 is 1.20 bits per heavy atom. The lowest BCUT2D eigenvalue weighted by Crippen LogP contribution is -2.13. The zero-order chi connectivity index (χ0) is 14.8. The molecule has 0 aliphatic heterocycles. The fraction of sp³-hybridized carbons (Fsp3) is 0.0769. The molecule has 0 amide bonds. The molecule has 104 valence electrons. The predicted molar refractivity (Wildman–Crippen MR) is 74.2 cm³/mol. The average molecular weight is 292 g/mol. The number of nitro groups is 1. The molecule has 7 heteroatoms. The van der Waals surface area contributed by atoms with Crippen molar-refractivity contribution in [2.75, 3.05) is 0 Å². The van der Waals surface area contributed by atoms with Gasteiger partial charge in [-0.2, -0.15) is 0 Å². The van der Waals surface area contributed by atoms with E-state index in [-0.39, 0.29) is 10.6 Å². The second-order valence-corrected chi connectivity index (χ2v) is 5.96. The number of hydrogen-bond acceptors (Lipinski definition) is 4. The number of hydrogen-bond donors (Lipinski definition) is 0. The zero-order valence-corrected chi connectivity index (χ0v) is 11.4. The molecule has 20 heavy (non-hydrogen) atoms. The molecular weight excluding hydrogens is 280 g/mol. The molecule has 0 fully saturated rings. The van der Waals surface area contributed by atoms with Crippen LogP contribution in [0.15, 0.2) is 53.7 Å². The van der Waals surface area contributed by atoms with Crippen molar-refractivity contribution in [1.29, 1.82) is 0 Å². The van der Waals surface area contributed by atoms with E-state index in [1.165, 1.54) is 30.5 Å². The van der Waals surface area contributed by atoms with Crippen molar-refractivity contribution in [2.24, 2.45) is 0 Å². The minimum absolute atomic E-state index is 0.134. The topological polar surface area (TPSA) is 82.2 Å². The molecule has 0 saturated carbocycles. The highest BCUT2D eigenvalue weighted by Crippen LogP contribution is 2.18. The van der Waals surface area contributed by atoms with Crippen LogP contribution in [0.2, 0.25) is 0 Å². The largest absolute Gasteiger partial charge is 0.268 e. The summed E-state index contributed by atoms with van der Waals surface area (Å²) in [7, 11) is -3.75. The van der Waals surface area contributed by atoms with Gasteiger partial charge in [0, 0.05) is 12.3 Å². The van der Waals surface area contributed by atoms with E-state index in [1.54, 1.807) is 12.1 Å². The van der Waals surface area contributed by atoms with Crippen molar-refractivity contribution < 1.29 is 13.3 Å². The van der Waals surface area contributed by atoms with Crippen LogP contribution >= 0.6 is 0 Å². The Labute approximate surface area is 116 Å². The molecule has 6 nitrogen and oxygen atoms in total. The summed E-state index contributed by atoms with van der Waals surface area (Å²) in [5.41, 5.74) is 1.17. The van der Waals surface area contributed by atoms with Crippen molar-refractivity contribution >= 4 is 16.1 Å². The van der Waals surface area contributed by atoms with Crippen LogP contribution in [0.1, 0.15) is 11.3 Å². The molecule has 0 N–H and O–H groups in total. The highest BCUT2D eigenvalue weighted by atomic mass is 32.2. The Hall–Kier alpha value is -2.41. The first kappa shape index (κ1) is 14.0. The van der Waals surface area contributed by atoms with Crippen LogP contribution in [0.25, 0.3) is 6.08 Å². The molecule has 0 atom stereocenters. The van der Waals surface area contributed by atoms with Gasteiger partial charge in [0.25, 0.3) is 10.0 Å². The Balaban J connectivity index is 2.48. The monoisotopic (exact) mass is 292 g/mol. The lowest BCUT2D eigenvalue weighted by atomic mass is 10.2. The molecule has 2 rings (SSSR count). The number of benzene rings is 1. The molecular formula is C13H12N2O4S.